The van der Waals surface area contributed by atoms with Crippen LogP contribution in [0.25, 0.3) is 22.5 Å². The van der Waals surface area contributed by atoms with Gasteiger partial charge in [0.15, 0.2) is 10.7 Å². The molecule has 2 aromatic heterocycles. The highest BCUT2D eigenvalue weighted by molar-refractivity contribution is 6.31. The first-order chi connectivity index (χ1) is 34.1. The second kappa shape index (κ2) is 20.3. The maximum Gasteiger partial charge on any atom is 0.212 e. The van der Waals surface area contributed by atoms with Crippen molar-refractivity contribution in [2.24, 2.45) is 5.16 Å². The Kier molecular flexibility index (Phi) is 13.2. The summed E-state index contributed by atoms with van der Waals surface area (Å²) < 4.78 is 2.16. The minimum Gasteiger partial charge on any atom is -0.374 e. The van der Waals surface area contributed by atoms with E-state index in [0.29, 0.717) is 23.2 Å². The molecule has 8 aromatic carbocycles. The highest BCUT2D eigenvalue weighted by Crippen LogP contribution is 2.42. The van der Waals surface area contributed by atoms with E-state index in [1.807, 2.05) is 84.9 Å². The molecule has 0 bridgehead atoms. The Morgan fingerprint density at radius 1 is 0.551 bits per heavy atom. The number of hydrogen-bond acceptors (Lipinski definition) is 6. The van der Waals surface area contributed by atoms with Crippen LogP contribution in [0, 0.1) is 0 Å². The Bertz CT molecular complexity index is 3060. The number of halogens is 1. The van der Waals surface area contributed by atoms with Crippen LogP contribution in [0.15, 0.2) is 236 Å². The highest BCUT2D eigenvalue weighted by Gasteiger charge is 2.42. The summed E-state index contributed by atoms with van der Waals surface area (Å²) in [6.45, 7) is 2.71. The van der Waals surface area contributed by atoms with Gasteiger partial charge in [-0.05, 0) is 45.0 Å². The molecule has 8 nitrogen and oxygen atoms in total. The van der Waals surface area contributed by atoms with Crippen LogP contribution in [0.4, 0.5) is 0 Å². The summed E-state index contributed by atoms with van der Waals surface area (Å²) in [5.41, 5.74) is 8.63. The molecule has 10 rings (SSSR count). The monoisotopic (exact) mass is 919 g/mol. The lowest BCUT2D eigenvalue weighted by Crippen LogP contribution is -2.39. The zero-order valence-corrected chi connectivity index (χ0v) is 39.0. The summed E-state index contributed by atoms with van der Waals surface area (Å²) in [5.74, 6) is 1.42. The van der Waals surface area contributed by atoms with Gasteiger partial charge in [-0.1, -0.05) is 261 Å². The van der Waals surface area contributed by atoms with E-state index in [1.54, 1.807) is 11.0 Å². The van der Waals surface area contributed by atoms with Crippen molar-refractivity contribution in [1.29, 1.82) is 0 Å². The van der Waals surface area contributed by atoms with Gasteiger partial charge in [0.1, 0.15) is 11.5 Å². The standard InChI is InChI=1S/C60H50ClN7O/c1-2-3-38-56-63-57(61)55(43-62-69-60(50-30-16-7-17-31-50,51-32-18-8-19-33-51)52-34-20-9-21-35-52)67(56)44-45-39-41-46(42-40-45)53-36-22-23-37-54(53)58-64-66-68(65-58)59(47-24-10-4-11-25-47,48-26-12-5-13-27-48)49-28-14-6-15-29-49/h4-37,39-43H,2-3,38,44H2,1H3/b62-43-. The Balaban J connectivity index is 0.983. The molecule has 0 spiro atoms. The van der Waals surface area contributed by atoms with Crippen LogP contribution in [0.5, 0.6) is 0 Å². The second-order valence-corrected chi connectivity index (χ2v) is 17.3. The molecule has 0 fully saturated rings. The molecular formula is C60H50ClN7O. The minimum atomic E-state index is -1.03. The van der Waals surface area contributed by atoms with E-state index in [-0.39, 0.29) is 0 Å². The summed E-state index contributed by atoms with van der Waals surface area (Å²) >= 11 is 7.01. The quantitative estimate of drug-likeness (QED) is 0.0516. The lowest BCUT2D eigenvalue weighted by atomic mass is 9.77. The Hall–Kier alpha value is -8.20. The van der Waals surface area contributed by atoms with Crippen LogP contribution in [0.2, 0.25) is 5.15 Å². The van der Waals surface area contributed by atoms with Gasteiger partial charge in [0.25, 0.3) is 0 Å². The third-order valence-corrected chi connectivity index (χ3v) is 13.0. The molecule has 338 valence electrons. The van der Waals surface area contributed by atoms with Crippen LogP contribution in [0.3, 0.4) is 0 Å². The molecule has 0 unspecified atom stereocenters. The maximum absolute atomic E-state index is 7.01. The summed E-state index contributed by atoms with van der Waals surface area (Å²) in [7, 11) is 0. The van der Waals surface area contributed by atoms with Gasteiger partial charge in [0.2, 0.25) is 11.4 Å². The van der Waals surface area contributed by atoms with Gasteiger partial charge >= 0.3 is 0 Å². The molecular weight excluding hydrogens is 870 g/mol. The average molecular weight is 921 g/mol. The predicted molar refractivity (Wildman–Crippen MR) is 276 cm³/mol. The number of benzene rings is 8. The van der Waals surface area contributed by atoms with Gasteiger partial charge < -0.3 is 9.40 Å². The van der Waals surface area contributed by atoms with Gasteiger partial charge in [0, 0.05) is 35.2 Å². The van der Waals surface area contributed by atoms with Gasteiger partial charge in [0.05, 0.1) is 6.21 Å². The van der Waals surface area contributed by atoms with E-state index >= 15 is 0 Å². The molecule has 0 radical (unpaired) electrons. The van der Waals surface area contributed by atoms with E-state index in [4.69, 9.17) is 42.0 Å². The Morgan fingerprint density at radius 2 is 1.00 bits per heavy atom. The van der Waals surface area contributed by atoms with E-state index in [2.05, 4.69) is 157 Å². The topological polar surface area (TPSA) is 83.0 Å². The van der Waals surface area contributed by atoms with E-state index in [1.165, 1.54) is 0 Å². The maximum atomic E-state index is 7.01. The number of unbranched alkanes of at least 4 members (excludes halogenated alkanes) is 1. The Labute approximate surface area is 408 Å². The van der Waals surface area contributed by atoms with Crippen molar-refractivity contribution >= 4 is 17.8 Å². The molecule has 0 aliphatic carbocycles. The molecule has 0 saturated heterocycles. The fraction of sp³-hybridized carbons (Fsp3) is 0.117. The summed E-state index contributed by atoms with van der Waals surface area (Å²) in [6.07, 6.45) is 4.47. The summed E-state index contributed by atoms with van der Waals surface area (Å²) in [6, 6.07) is 78.6. The van der Waals surface area contributed by atoms with Crippen molar-refractivity contribution in [1.82, 2.24) is 29.8 Å². The van der Waals surface area contributed by atoms with Crippen LogP contribution >= 0.6 is 11.6 Å². The van der Waals surface area contributed by atoms with Crippen molar-refractivity contribution in [2.45, 2.75) is 43.9 Å². The van der Waals surface area contributed by atoms with Gasteiger partial charge in [-0.25, -0.2) is 4.98 Å². The highest BCUT2D eigenvalue weighted by atomic mass is 35.5. The molecule has 9 heteroatoms. The first-order valence-electron chi connectivity index (χ1n) is 23.4. The van der Waals surface area contributed by atoms with Crippen LogP contribution in [-0.4, -0.2) is 36.0 Å². The normalized spacial score (nSPS) is 11.8. The van der Waals surface area contributed by atoms with Crippen LogP contribution < -0.4 is 0 Å². The second-order valence-electron chi connectivity index (χ2n) is 17.0. The Morgan fingerprint density at radius 3 is 1.48 bits per heavy atom. The predicted octanol–water partition coefficient (Wildman–Crippen LogP) is 13.4. The van der Waals surface area contributed by atoms with Gasteiger partial charge in [-0.2, -0.15) is 0 Å². The summed E-state index contributed by atoms with van der Waals surface area (Å²) in [4.78, 5) is 13.4. The number of aromatic nitrogens is 6. The van der Waals surface area contributed by atoms with Gasteiger partial charge in [-0.15, -0.1) is 15.0 Å². The average Bonchev–Trinajstić information content (AvgIpc) is 4.03. The SMILES string of the molecule is CCCCc1nc(Cl)c(/C=N\OC(c2ccccc2)(c2ccccc2)c2ccccc2)n1Cc1ccc(-c2ccccc2-c2nnn(C(c3ccccc3)(c3ccccc3)c3ccccc3)n2)cc1. The summed E-state index contributed by atoms with van der Waals surface area (Å²) in [5, 5.41) is 20.0. The third-order valence-electron chi connectivity index (χ3n) is 12.8. The fourth-order valence-corrected chi connectivity index (χ4v) is 9.64. The van der Waals surface area contributed by atoms with Gasteiger partial charge in [-0.3, -0.25) is 0 Å². The van der Waals surface area contributed by atoms with Crippen molar-refractivity contribution in [3.05, 3.63) is 286 Å². The smallest absolute Gasteiger partial charge is 0.212 e. The zero-order chi connectivity index (χ0) is 46.9. The van der Waals surface area contributed by atoms with Crippen molar-refractivity contribution < 1.29 is 4.84 Å². The van der Waals surface area contributed by atoms with Crippen molar-refractivity contribution in [3.8, 4) is 22.5 Å². The molecule has 0 saturated carbocycles. The number of nitrogens with zero attached hydrogens (tertiary/aromatic N) is 7. The number of oxime groups is 1. The van der Waals surface area contributed by atoms with Crippen LogP contribution in [0.1, 0.15) is 70.2 Å². The number of rotatable bonds is 17. The minimum absolute atomic E-state index is 0.375. The first kappa shape index (κ1) is 44.6. The fourth-order valence-electron chi connectivity index (χ4n) is 9.39. The molecule has 69 heavy (non-hydrogen) atoms. The van der Waals surface area contributed by atoms with Crippen molar-refractivity contribution in [3.63, 3.8) is 0 Å². The molecule has 2 heterocycles. The number of hydrogen-bond donors (Lipinski definition) is 0. The van der Waals surface area contributed by atoms with Crippen LogP contribution in [-0.2, 0) is 28.9 Å². The third kappa shape index (κ3) is 8.79. The molecule has 0 amide bonds. The molecule has 10 aromatic rings. The number of aryl methyl sites for hydroxylation is 1. The molecule has 0 aliphatic heterocycles. The molecule has 0 aliphatic rings. The lowest BCUT2D eigenvalue weighted by molar-refractivity contribution is 0.0183. The molecule has 0 atom stereocenters. The lowest BCUT2D eigenvalue weighted by Gasteiger charge is -2.34. The van der Waals surface area contributed by atoms with E-state index in [0.717, 1.165) is 80.7 Å². The van der Waals surface area contributed by atoms with E-state index in [9.17, 15) is 0 Å². The van der Waals surface area contributed by atoms with E-state index < -0.39 is 11.1 Å². The molecule has 0 N–H and O–H groups in total. The number of imidazole rings is 1. The zero-order valence-electron chi connectivity index (χ0n) is 38.3. The largest absolute Gasteiger partial charge is 0.374 e. The number of tetrazole rings is 1. The first-order valence-corrected chi connectivity index (χ1v) is 23.8. The van der Waals surface area contributed by atoms with Crippen molar-refractivity contribution in [2.75, 3.05) is 0 Å².